The average Bonchev–Trinajstić information content (AvgIpc) is 3.33. The molecule has 3 rings (SSSR count). The first-order valence-corrected chi connectivity index (χ1v) is 13.7. The first-order valence-electron chi connectivity index (χ1n) is 11.9. The van der Waals surface area contributed by atoms with E-state index in [4.69, 9.17) is 4.74 Å². The lowest BCUT2D eigenvalue weighted by Gasteiger charge is -2.32. The SMILES string of the molecule is COc1ccc(CN(C(=O)CN(c2cccc(C)c2)S(C)(=O)=O)[C@H](C)C(=O)NC2CCCC2)cc1. The fraction of sp³-hybridized carbons (Fsp3) is 0.462. The fourth-order valence-electron chi connectivity index (χ4n) is 4.30. The van der Waals surface area contributed by atoms with Crippen LogP contribution in [0.5, 0.6) is 5.75 Å². The number of ether oxygens (including phenoxy) is 1. The summed E-state index contributed by atoms with van der Waals surface area (Å²) in [5, 5.41) is 3.06. The van der Waals surface area contributed by atoms with E-state index < -0.39 is 28.5 Å². The van der Waals surface area contributed by atoms with Gasteiger partial charge in [-0.25, -0.2) is 8.42 Å². The van der Waals surface area contributed by atoms with E-state index in [0.29, 0.717) is 11.4 Å². The zero-order chi connectivity index (χ0) is 25.6. The third-order valence-corrected chi connectivity index (χ3v) is 7.49. The third-order valence-electron chi connectivity index (χ3n) is 6.35. The number of aryl methyl sites for hydroxylation is 1. The van der Waals surface area contributed by atoms with Gasteiger partial charge in [0.1, 0.15) is 18.3 Å². The number of hydrogen-bond acceptors (Lipinski definition) is 5. The number of carbonyl (C=O) groups excluding carboxylic acids is 2. The minimum absolute atomic E-state index is 0.114. The van der Waals surface area contributed by atoms with Crippen LogP contribution in [0.15, 0.2) is 48.5 Å². The van der Waals surface area contributed by atoms with Gasteiger partial charge in [0, 0.05) is 12.6 Å². The van der Waals surface area contributed by atoms with Crippen LogP contribution >= 0.6 is 0 Å². The standard InChI is InChI=1S/C26H35N3O5S/c1-19-8-7-11-23(16-19)29(35(4,32)33)18-25(30)28(17-21-12-14-24(34-3)15-13-21)20(2)26(31)27-22-9-5-6-10-22/h7-8,11-16,20,22H,5-6,9-10,17-18H2,1-4H3,(H,27,31)/t20-/m1/s1. The molecule has 2 aromatic carbocycles. The average molecular weight is 502 g/mol. The van der Waals surface area contributed by atoms with Crippen molar-refractivity contribution in [3.63, 3.8) is 0 Å². The predicted octanol–water partition coefficient (Wildman–Crippen LogP) is 3.25. The summed E-state index contributed by atoms with van der Waals surface area (Å²) in [4.78, 5) is 28.1. The lowest BCUT2D eigenvalue weighted by atomic mass is 10.1. The van der Waals surface area contributed by atoms with Gasteiger partial charge in [0.2, 0.25) is 21.8 Å². The molecule has 1 fully saturated rings. The number of benzene rings is 2. The molecule has 8 nitrogen and oxygen atoms in total. The summed E-state index contributed by atoms with van der Waals surface area (Å²) in [6.07, 6.45) is 5.09. The number of nitrogens with zero attached hydrogens (tertiary/aromatic N) is 2. The summed E-state index contributed by atoms with van der Waals surface area (Å²) in [6, 6.07) is 13.6. The van der Waals surface area contributed by atoms with Gasteiger partial charge in [-0.15, -0.1) is 0 Å². The normalized spacial score (nSPS) is 14.9. The van der Waals surface area contributed by atoms with Gasteiger partial charge in [-0.05, 0) is 62.1 Å². The Labute approximate surface area is 208 Å². The van der Waals surface area contributed by atoms with Crippen LogP contribution in [0.2, 0.25) is 0 Å². The van der Waals surface area contributed by atoms with E-state index in [9.17, 15) is 18.0 Å². The van der Waals surface area contributed by atoms with Crippen LogP contribution in [0, 0.1) is 6.92 Å². The summed E-state index contributed by atoms with van der Waals surface area (Å²) < 4.78 is 31.6. The van der Waals surface area contributed by atoms with Crippen LogP contribution in [0.4, 0.5) is 5.69 Å². The van der Waals surface area contributed by atoms with Gasteiger partial charge in [0.25, 0.3) is 0 Å². The topological polar surface area (TPSA) is 96.0 Å². The molecular weight excluding hydrogens is 466 g/mol. The number of hydrogen-bond donors (Lipinski definition) is 1. The number of methoxy groups -OCH3 is 1. The molecule has 9 heteroatoms. The Kier molecular flexibility index (Phi) is 8.77. The summed E-state index contributed by atoms with van der Waals surface area (Å²) in [5.41, 5.74) is 2.09. The van der Waals surface area contributed by atoms with E-state index in [1.54, 1.807) is 44.4 Å². The largest absolute Gasteiger partial charge is 0.497 e. The predicted molar refractivity (Wildman–Crippen MR) is 137 cm³/mol. The second kappa shape index (κ2) is 11.6. The molecule has 0 aliphatic heterocycles. The number of nitrogens with one attached hydrogen (secondary N) is 1. The van der Waals surface area contributed by atoms with Crippen molar-refractivity contribution >= 4 is 27.5 Å². The minimum atomic E-state index is -3.74. The van der Waals surface area contributed by atoms with Crippen LogP contribution in [-0.4, -0.2) is 57.1 Å². The molecule has 2 amide bonds. The first kappa shape index (κ1) is 26.5. The van der Waals surface area contributed by atoms with Gasteiger partial charge in [-0.3, -0.25) is 13.9 Å². The van der Waals surface area contributed by atoms with E-state index >= 15 is 0 Å². The van der Waals surface area contributed by atoms with Gasteiger partial charge in [-0.2, -0.15) is 0 Å². The van der Waals surface area contributed by atoms with Crippen molar-refractivity contribution in [3.8, 4) is 5.75 Å². The lowest BCUT2D eigenvalue weighted by molar-refractivity contribution is -0.139. The van der Waals surface area contributed by atoms with Crippen LogP contribution in [0.1, 0.15) is 43.7 Å². The Hall–Kier alpha value is -3.07. The van der Waals surface area contributed by atoms with E-state index in [1.165, 1.54) is 4.90 Å². The maximum Gasteiger partial charge on any atom is 0.244 e. The van der Waals surface area contributed by atoms with Gasteiger partial charge >= 0.3 is 0 Å². The molecule has 0 saturated heterocycles. The van der Waals surface area contributed by atoms with Crippen molar-refractivity contribution < 1.29 is 22.7 Å². The molecule has 2 aromatic rings. The van der Waals surface area contributed by atoms with Gasteiger partial charge < -0.3 is 15.0 Å². The highest BCUT2D eigenvalue weighted by molar-refractivity contribution is 7.92. The molecule has 0 unspecified atom stereocenters. The molecule has 0 bridgehead atoms. The van der Waals surface area contributed by atoms with Crippen LogP contribution < -0.4 is 14.4 Å². The van der Waals surface area contributed by atoms with Gasteiger partial charge in [0.05, 0.1) is 19.1 Å². The fourth-order valence-corrected chi connectivity index (χ4v) is 5.14. The van der Waals surface area contributed by atoms with Crippen LogP contribution in [-0.2, 0) is 26.2 Å². The van der Waals surface area contributed by atoms with Crippen molar-refractivity contribution in [2.24, 2.45) is 0 Å². The second-order valence-electron chi connectivity index (χ2n) is 9.14. The molecule has 0 spiro atoms. The van der Waals surface area contributed by atoms with E-state index in [-0.39, 0.29) is 18.5 Å². The molecule has 1 saturated carbocycles. The Bertz CT molecular complexity index is 1130. The Balaban J connectivity index is 1.87. The van der Waals surface area contributed by atoms with Gasteiger partial charge in [-0.1, -0.05) is 37.1 Å². The molecule has 0 aromatic heterocycles. The van der Waals surface area contributed by atoms with Crippen molar-refractivity contribution in [2.45, 2.75) is 58.2 Å². The maximum absolute atomic E-state index is 13.6. The first-order chi connectivity index (χ1) is 16.6. The number of amides is 2. The molecule has 190 valence electrons. The zero-order valence-electron chi connectivity index (χ0n) is 20.9. The number of sulfonamides is 1. The van der Waals surface area contributed by atoms with Gasteiger partial charge in [0.15, 0.2) is 0 Å². The van der Waals surface area contributed by atoms with E-state index in [1.807, 2.05) is 25.1 Å². The van der Waals surface area contributed by atoms with Crippen molar-refractivity contribution in [1.29, 1.82) is 0 Å². The molecule has 0 heterocycles. The Morgan fingerprint density at radius 3 is 2.34 bits per heavy atom. The number of rotatable bonds is 10. The van der Waals surface area contributed by atoms with Crippen molar-refractivity contribution in [3.05, 3.63) is 59.7 Å². The molecular formula is C26H35N3O5S. The zero-order valence-corrected chi connectivity index (χ0v) is 21.7. The van der Waals surface area contributed by atoms with Crippen molar-refractivity contribution in [2.75, 3.05) is 24.2 Å². The molecule has 0 radical (unpaired) electrons. The highest BCUT2D eigenvalue weighted by atomic mass is 32.2. The highest BCUT2D eigenvalue weighted by Gasteiger charge is 2.31. The quantitative estimate of drug-likeness (QED) is 0.539. The summed E-state index contributed by atoms with van der Waals surface area (Å²) >= 11 is 0. The summed E-state index contributed by atoms with van der Waals surface area (Å²) in [6.45, 7) is 3.30. The molecule has 1 atom stereocenters. The van der Waals surface area contributed by atoms with E-state index in [2.05, 4.69) is 5.32 Å². The van der Waals surface area contributed by atoms with Crippen LogP contribution in [0.3, 0.4) is 0 Å². The molecule has 35 heavy (non-hydrogen) atoms. The highest BCUT2D eigenvalue weighted by Crippen LogP contribution is 2.22. The number of carbonyl (C=O) groups is 2. The van der Waals surface area contributed by atoms with Crippen LogP contribution in [0.25, 0.3) is 0 Å². The lowest BCUT2D eigenvalue weighted by Crippen LogP contribution is -2.52. The minimum Gasteiger partial charge on any atom is -0.497 e. The second-order valence-corrected chi connectivity index (χ2v) is 11.1. The maximum atomic E-state index is 13.6. The smallest absolute Gasteiger partial charge is 0.244 e. The number of anilines is 1. The molecule has 1 N–H and O–H groups in total. The monoisotopic (exact) mass is 501 g/mol. The van der Waals surface area contributed by atoms with E-state index in [0.717, 1.165) is 47.4 Å². The molecule has 1 aliphatic carbocycles. The third kappa shape index (κ3) is 7.21. The Morgan fingerprint density at radius 1 is 1.11 bits per heavy atom. The summed E-state index contributed by atoms with van der Waals surface area (Å²) in [7, 11) is -2.17. The molecule has 1 aliphatic rings. The van der Waals surface area contributed by atoms with Crippen molar-refractivity contribution in [1.82, 2.24) is 10.2 Å². The summed E-state index contributed by atoms with van der Waals surface area (Å²) in [5.74, 6) is -0.0107. The Morgan fingerprint density at radius 2 is 1.77 bits per heavy atom.